The molecule has 1 heteroatoms. The summed E-state index contributed by atoms with van der Waals surface area (Å²) in [5.74, 6) is 0. The average molecular weight is 222 g/mol. The molecule has 0 amide bonds. The lowest BCUT2D eigenvalue weighted by Crippen LogP contribution is -1.92. The van der Waals surface area contributed by atoms with Crippen LogP contribution in [-0.4, -0.2) is 0 Å². The largest absolute Gasteiger partial charge is 0.357 e. The molecule has 0 radical (unpaired) electrons. The van der Waals surface area contributed by atoms with E-state index in [4.69, 9.17) is 4.74 Å². The van der Waals surface area contributed by atoms with Crippen LogP contribution in [0.4, 0.5) is 0 Å². The first-order valence-corrected chi connectivity index (χ1v) is 5.77. The topological polar surface area (TPSA) is 9.23 Å². The zero-order chi connectivity index (χ0) is 11.8. The maximum absolute atomic E-state index is 5.90. The van der Waals surface area contributed by atoms with Gasteiger partial charge in [-0.05, 0) is 21.9 Å². The van der Waals surface area contributed by atoms with Crippen LogP contribution in [0, 0.1) is 0 Å². The summed E-state index contributed by atoms with van der Waals surface area (Å²) in [5, 5.41) is 2.49. The summed E-state index contributed by atoms with van der Waals surface area (Å²) in [7, 11) is 0. The average Bonchev–Trinajstić information content (AvgIpc) is 2.77. The van der Waals surface area contributed by atoms with E-state index >= 15 is 0 Å². The van der Waals surface area contributed by atoms with Crippen LogP contribution < -0.4 is 0 Å². The molecule has 0 aromatic heterocycles. The monoisotopic (exact) mass is 222 g/mol. The highest BCUT2D eigenvalue weighted by atomic mass is 16.5. The minimum atomic E-state index is -0.0286. The Morgan fingerprint density at radius 2 is 1.71 bits per heavy atom. The molecule has 3 rings (SSSR count). The fourth-order valence-electron chi connectivity index (χ4n) is 2.53. The van der Waals surface area contributed by atoms with Crippen LogP contribution >= 0.6 is 0 Å². The second-order valence-corrected chi connectivity index (χ2v) is 4.24. The summed E-state index contributed by atoms with van der Waals surface area (Å²) in [6.45, 7) is 7.69. The molecule has 1 aliphatic heterocycles. The van der Waals surface area contributed by atoms with Gasteiger partial charge < -0.3 is 4.74 Å². The number of hydrogen-bond donors (Lipinski definition) is 0. The first-order valence-electron chi connectivity index (χ1n) is 5.77. The molecule has 1 heterocycles. The molecular weight excluding hydrogens is 208 g/mol. The molecule has 0 aliphatic carbocycles. The van der Waals surface area contributed by atoms with Crippen LogP contribution in [0.1, 0.15) is 23.3 Å². The highest BCUT2D eigenvalue weighted by molar-refractivity contribution is 5.88. The second kappa shape index (κ2) is 3.86. The van der Waals surface area contributed by atoms with E-state index in [9.17, 15) is 0 Å². The van der Waals surface area contributed by atoms with E-state index in [-0.39, 0.29) is 12.2 Å². The standard InChI is InChI=1S/C16H14O/c1-3-14-13-10-9-11-7-5-6-8-12(11)16(13)15(4-2)17-14/h3-10,14-15H,1-2H2. The highest BCUT2D eigenvalue weighted by Gasteiger charge is 2.29. The van der Waals surface area contributed by atoms with Gasteiger partial charge in [-0.15, -0.1) is 13.2 Å². The van der Waals surface area contributed by atoms with Gasteiger partial charge in [0.2, 0.25) is 0 Å². The molecule has 0 saturated carbocycles. The lowest BCUT2D eigenvalue weighted by molar-refractivity contribution is 0.0682. The van der Waals surface area contributed by atoms with Crippen LogP contribution in [0.5, 0.6) is 0 Å². The van der Waals surface area contributed by atoms with Crippen molar-refractivity contribution < 1.29 is 4.74 Å². The van der Waals surface area contributed by atoms with Gasteiger partial charge in [0, 0.05) is 0 Å². The Kier molecular flexibility index (Phi) is 2.34. The predicted molar refractivity (Wildman–Crippen MR) is 70.9 cm³/mol. The molecule has 1 nitrogen and oxygen atoms in total. The van der Waals surface area contributed by atoms with E-state index in [1.54, 1.807) is 0 Å². The zero-order valence-corrected chi connectivity index (χ0v) is 9.60. The number of ether oxygens (including phenoxy) is 1. The minimum Gasteiger partial charge on any atom is -0.357 e. The molecule has 17 heavy (non-hydrogen) atoms. The SMILES string of the molecule is C=CC1OC(C=C)c2c1ccc1ccccc21. The molecule has 2 aromatic rings. The van der Waals surface area contributed by atoms with Gasteiger partial charge in [0.05, 0.1) is 0 Å². The van der Waals surface area contributed by atoms with Crippen molar-refractivity contribution in [1.82, 2.24) is 0 Å². The normalized spacial score (nSPS) is 22.4. The number of fused-ring (bicyclic) bond motifs is 3. The van der Waals surface area contributed by atoms with Crippen LogP contribution in [0.3, 0.4) is 0 Å². The maximum atomic E-state index is 5.90. The molecule has 2 aromatic carbocycles. The van der Waals surface area contributed by atoms with Crippen molar-refractivity contribution in [1.29, 1.82) is 0 Å². The quantitative estimate of drug-likeness (QED) is 0.687. The predicted octanol–water partition coefficient (Wildman–Crippen LogP) is 4.32. The fraction of sp³-hybridized carbons (Fsp3) is 0.125. The third kappa shape index (κ3) is 1.43. The Hall–Kier alpha value is -1.86. The third-order valence-electron chi connectivity index (χ3n) is 3.32. The molecule has 2 atom stereocenters. The first-order chi connectivity index (χ1) is 8.35. The highest BCUT2D eigenvalue weighted by Crippen LogP contribution is 2.43. The van der Waals surface area contributed by atoms with Crippen molar-refractivity contribution >= 4 is 10.8 Å². The van der Waals surface area contributed by atoms with Crippen molar-refractivity contribution in [2.24, 2.45) is 0 Å². The van der Waals surface area contributed by atoms with Gasteiger partial charge in [-0.25, -0.2) is 0 Å². The van der Waals surface area contributed by atoms with Gasteiger partial charge in [0.15, 0.2) is 0 Å². The summed E-state index contributed by atoms with van der Waals surface area (Å²) in [6.07, 6.45) is 3.66. The Labute approximate surface area is 101 Å². The molecule has 2 unspecified atom stereocenters. The Bertz CT molecular complexity index is 597. The molecule has 0 bridgehead atoms. The molecule has 84 valence electrons. The molecule has 0 fully saturated rings. The van der Waals surface area contributed by atoms with E-state index in [0.717, 1.165) is 0 Å². The van der Waals surface area contributed by atoms with Crippen LogP contribution in [0.15, 0.2) is 61.7 Å². The molecule has 1 aliphatic rings. The van der Waals surface area contributed by atoms with Gasteiger partial charge in [-0.2, -0.15) is 0 Å². The summed E-state index contributed by atoms with van der Waals surface area (Å²) < 4.78 is 5.90. The van der Waals surface area contributed by atoms with E-state index in [2.05, 4.69) is 49.6 Å². The maximum Gasteiger partial charge on any atom is 0.103 e. The summed E-state index contributed by atoms with van der Waals surface area (Å²) in [5.41, 5.74) is 2.45. The van der Waals surface area contributed by atoms with Crippen LogP contribution in [0.25, 0.3) is 10.8 Å². The molecule has 0 N–H and O–H groups in total. The van der Waals surface area contributed by atoms with Gasteiger partial charge in [-0.1, -0.05) is 48.6 Å². The summed E-state index contributed by atoms with van der Waals surface area (Å²) >= 11 is 0. The molecular formula is C16H14O. The van der Waals surface area contributed by atoms with E-state index in [1.807, 2.05) is 12.2 Å². The second-order valence-electron chi connectivity index (χ2n) is 4.24. The minimum absolute atomic E-state index is 0.0161. The van der Waals surface area contributed by atoms with E-state index < -0.39 is 0 Å². The summed E-state index contributed by atoms with van der Waals surface area (Å²) in [4.78, 5) is 0. The van der Waals surface area contributed by atoms with Crippen molar-refractivity contribution in [3.8, 4) is 0 Å². The number of benzene rings is 2. The van der Waals surface area contributed by atoms with Gasteiger partial charge in [0.1, 0.15) is 12.2 Å². The van der Waals surface area contributed by atoms with Gasteiger partial charge >= 0.3 is 0 Å². The van der Waals surface area contributed by atoms with Gasteiger partial charge in [0.25, 0.3) is 0 Å². The van der Waals surface area contributed by atoms with Crippen molar-refractivity contribution in [3.63, 3.8) is 0 Å². The Balaban J connectivity index is 2.34. The molecule has 0 spiro atoms. The van der Waals surface area contributed by atoms with E-state index in [1.165, 1.54) is 21.9 Å². The van der Waals surface area contributed by atoms with Crippen molar-refractivity contribution in [2.45, 2.75) is 12.2 Å². The Morgan fingerprint density at radius 1 is 0.941 bits per heavy atom. The van der Waals surface area contributed by atoms with Gasteiger partial charge in [-0.3, -0.25) is 0 Å². The van der Waals surface area contributed by atoms with Crippen molar-refractivity contribution in [3.05, 3.63) is 72.8 Å². The first kappa shape index (κ1) is 10.3. The van der Waals surface area contributed by atoms with Crippen LogP contribution in [-0.2, 0) is 4.74 Å². The fourth-order valence-corrected chi connectivity index (χ4v) is 2.53. The summed E-state index contributed by atoms with van der Waals surface area (Å²) in [6, 6.07) is 12.6. The lowest BCUT2D eigenvalue weighted by Gasteiger charge is -2.08. The Morgan fingerprint density at radius 3 is 2.47 bits per heavy atom. The van der Waals surface area contributed by atoms with Crippen LogP contribution in [0.2, 0.25) is 0 Å². The molecule has 0 saturated heterocycles. The smallest absolute Gasteiger partial charge is 0.103 e. The third-order valence-corrected chi connectivity index (χ3v) is 3.32. The number of rotatable bonds is 2. The zero-order valence-electron chi connectivity index (χ0n) is 9.60. The van der Waals surface area contributed by atoms with E-state index in [0.29, 0.717) is 0 Å². The number of hydrogen-bond acceptors (Lipinski definition) is 1. The van der Waals surface area contributed by atoms with Crippen molar-refractivity contribution in [2.75, 3.05) is 0 Å². The lowest BCUT2D eigenvalue weighted by atomic mass is 9.95.